The van der Waals surface area contributed by atoms with Gasteiger partial charge in [0.2, 0.25) is 0 Å². The second-order valence-corrected chi connectivity index (χ2v) is 11.5. The number of ether oxygens (including phenoxy) is 1. The lowest BCUT2D eigenvalue weighted by Gasteiger charge is -2.27. The fourth-order valence-electron chi connectivity index (χ4n) is 4.65. The van der Waals surface area contributed by atoms with Gasteiger partial charge in [-0.05, 0) is 91.1 Å². The summed E-state index contributed by atoms with van der Waals surface area (Å²) in [7, 11) is -3.77. The quantitative estimate of drug-likeness (QED) is 0.241. The van der Waals surface area contributed by atoms with E-state index < -0.39 is 16.1 Å². The Kier molecular flexibility index (Phi) is 8.25. The monoisotopic (exact) mass is 557 g/mol. The van der Waals surface area contributed by atoms with Crippen molar-refractivity contribution in [2.45, 2.75) is 36.9 Å². The van der Waals surface area contributed by atoms with Crippen LogP contribution in [0.4, 0.5) is 5.69 Å². The first kappa shape index (κ1) is 27.5. The first-order valence-electron chi connectivity index (χ1n) is 13.1. The number of ketones is 1. The zero-order valence-electron chi connectivity index (χ0n) is 22.1. The Morgan fingerprint density at radius 2 is 1.80 bits per heavy atom. The van der Waals surface area contributed by atoms with Crippen LogP contribution < -0.4 is 14.8 Å². The minimum Gasteiger partial charge on any atom is -0.489 e. The number of benzene rings is 3. The van der Waals surface area contributed by atoms with Gasteiger partial charge in [-0.25, -0.2) is 8.42 Å². The highest BCUT2D eigenvalue weighted by Crippen LogP contribution is 2.32. The first-order chi connectivity index (χ1) is 19.3. The largest absolute Gasteiger partial charge is 0.489 e. The van der Waals surface area contributed by atoms with Crippen molar-refractivity contribution in [3.05, 3.63) is 108 Å². The van der Waals surface area contributed by atoms with Gasteiger partial charge in [-0.2, -0.15) is 0 Å². The summed E-state index contributed by atoms with van der Waals surface area (Å²) in [6.07, 6.45) is 4.44. The van der Waals surface area contributed by atoms with Crippen molar-refractivity contribution >= 4 is 21.5 Å². The number of carbonyl (C=O) groups excluding carboxylic acids is 1. The number of nitrogens with zero attached hydrogens (tertiary/aromatic N) is 1. The first-order valence-corrected chi connectivity index (χ1v) is 14.6. The average molecular weight is 558 g/mol. The van der Waals surface area contributed by atoms with Gasteiger partial charge in [0.05, 0.1) is 11.0 Å². The van der Waals surface area contributed by atoms with Crippen LogP contribution >= 0.6 is 0 Å². The van der Waals surface area contributed by atoms with Gasteiger partial charge in [0.1, 0.15) is 11.9 Å². The molecule has 8 nitrogen and oxygen atoms in total. The van der Waals surface area contributed by atoms with Crippen molar-refractivity contribution in [1.29, 1.82) is 0 Å². The van der Waals surface area contributed by atoms with Crippen molar-refractivity contribution in [3.8, 4) is 16.9 Å². The summed E-state index contributed by atoms with van der Waals surface area (Å²) in [5.41, 5.74) is 4.68. The highest BCUT2D eigenvalue weighted by Gasteiger charge is 2.21. The standard InChI is InChI=1S/C31H31N3O5S/c1-21(35)22-4-10-27(11-5-22)34-40(37,38)29-13-7-23(8-14-29)24-9-15-31-25(17-24)6-12-28(39-31)19-33-20-30(36)26-3-2-16-32-18-26/h2-5,7-11,13-18,28,30,33-34,36H,6,12,19-20H2,1H3/t28-,30+/m1/s1. The molecule has 0 amide bonds. The number of aryl methyl sites for hydroxylation is 1. The Bertz CT molecular complexity index is 1570. The molecule has 0 fully saturated rings. The Morgan fingerprint density at radius 1 is 1.05 bits per heavy atom. The summed E-state index contributed by atoms with van der Waals surface area (Å²) in [6, 6.07) is 22.8. The Morgan fingerprint density at radius 3 is 2.50 bits per heavy atom. The summed E-state index contributed by atoms with van der Waals surface area (Å²) >= 11 is 0. The topological polar surface area (TPSA) is 118 Å². The van der Waals surface area contributed by atoms with Crippen LogP contribution in [0.1, 0.15) is 40.9 Å². The number of aliphatic hydroxyl groups is 1. The van der Waals surface area contributed by atoms with Crippen LogP contribution in [0, 0.1) is 0 Å². The van der Waals surface area contributed by atoms with Crippen molar-refractivity contribution in [1.82, 2.24) is 10.3 Å². The lowest BCUT2D eigenvalue weighted by molar-refractivity contribution is 0.101. The molecule has 0 spiro atoms. The van der Waals surface area contributed by atoms with Gasteiger partial charge in [0, 0.05) is 42.3 Å². The molecule has 206 valence electrons. The van der Waals surface area contributed by atoms with Gasteiger partial charge >= 0.3 is 0 Å². The van der Waals surface area contributed by atoms with E-state index >= 15 is 0 Å². The molecule has 2 atom stereocenters. The van der Waals surface area contributed by atoms with E-state index in [9.17, 15) is 18.3 Å². The van der Waals surface area contributed by atoms with Crippen LogP contribution in [0.2, 0.25) is 0 Å². The third-order valence-corrected chi connectivity index (χ3v) is 8.31. The Labute approximate surface area is 234 Å². The van der Waals surface area contributed by atoms with Crippen LogP contribution in [-0.2, 0) is 16.4 Å². The normalized spacial score (nSPS) is 15.5. The Balaban J connectivity index is 1.18. The molecule has 3 N–H and O–H groups in total. The van der Waals surface area contributed by atoms with Crippen molar-refractivity contribution in [2.24, 2.45) is 0 Å². The van der Waals surface area contributed by atoms with Gasteiger partial charge in [-0.1, -0.05) is 24.3 Å². The van der Waals surface area contributed by atoms with Crippen molar-refractivity contribution in [3.63, 3.8) is 0 Å². The number of fused-ring (bicyclic) bond motifs is 1. The predicted molar refractivity (Wildman–Crippen MR) is 154 cm³/mol. The molecule has 0 aliphatic carbocycles. The number of hydrogen-bond donors (Lipinski definition) is 3. The van der Waals surface area contributed by atoms with E-state index in [1.165, 1.54) is 6.92 Å². The molecule has 3 aromatic carbocycles. The molecular formula is C31H31N3O5S. The lowest BCUT2D eigenvalue weighted by atomic mass is 9.97. The molecule has 40 heavy (non-hydrogen) atoms. The summed E-state index contributed by atoms with van der Waals surface area (Å²) < 4.78 is 34.5. The van der Waals surface area contributed by atoms with Crippen molar-refractivity contribution in [2.75, 3.05) is 17.8 Å². The molecule has 0 saturated carbocycles. The number of rotatable bonds is 10. The molecule has 4 aromatic rings. The molecule has 9 heteroatoms. The van der Waals surface area contributed by atoms with Crippen LogP contribution in [-0.4, -0.2) is 43.5 Å². The van der Waals surface area contributed by atoms with Crippen LogP contribution in [0.3, 0.4) is 0 Å². The van der Waals surface area contributed by atoms with Gasteiger partial charge in [0.25, 0.3) is 10.0 Å². The summed E-state index contributed by atoms with van der Waals surface area (Å²) in [5, 5.41) is 13.6. The van der Waals surface area contributed by atoms with Gasteiger partial charge in [-0.15, -0.1) is 0 Å². The number of sulfonamides is 1. The second-order valence-electron chi connectivity index (χ2n) is 9.82. The van der Waals surface area contributed by atoms with Gasteiger partial charge < -0.3 is 15.2 Å². The maximum atomic E-state index is 12.9. The summed E-state index contributed by atoms with van der Waals surface area (Å²) in [4.78, 5) is 15.6. The number of Topliss-reactive ketones (excluding diaryl/α,β-unsaturated/α-hetero) is 1. The SMILES string of the molecule is CC(=O)c1ccc(NS(=O)(=O)c2ccc(-c3ccc4c(c3)CC[C@H](CNC[C@H](O)c3cccnc3)O4)cc2)cc1. The number of pyridine rings is 1. The van der Waals surface area contributed by atoms with E-state index in [2.05, 4.69) is 21.1 Å². The second kappa shape index (κ2) is 12.0. The van der Waals surface area contributed by atoms with E-state index in [1.54, 1.807) is 67.0 Å². The highest BCUT2D eigenvalue weighted by molar-refractivity contribution is 7.92. The zero-order chi connectivity index (χ0) is 28.1. The smallest absolute Gasteiger partial charge is 0.261 e. The van der Waals surface area contributed by atoms with E-state index in [4.69, 9.17) is 4.74 Å². The van der Waals surface area contributed by atoms with E-state index in [1.807, 2.05) is 18.2 Å². The predicted octanol–water partition coefficient (Wildman–Crippen LogP) is 4.77. The number of aromatic nitrogens is 1. The zero-order valence-corrected chi connectivity index (χ0v) is 22.9. The third-order valence-electron chi connectivity index (χ3n) is 6.91. The molecule has 5 rings (SSSR count). The molecule has 0 unspecified atom stereocenters. The third kappa shape index (κ3) is 6.56. The number of anilines is 1. The van der Waals surface area contributed by atoms with Crippen molar-refractivity contribution < 1.29 is 23.1 Å². The number of hydrogen-bond acceptors (Lipinski definition) is 7. The van der Waals surface area contributed by atoms with Crippen LogP contribution in [0.5, 0.6) is 5.75 Å². The fraction of sp³-hybridized carbons (Fsp3) is 0.226. The average Bonchev–Trinajstić information content (AvgIpc) is 2.97. The molecule has 1 aromatic heterocycles. The number of aliphatic hydroxyl groups excluding tert-OH is 1. The van der Waals surface area contributed by atoms with Crippen LogP contribution in [0.15, 0.2) is 96.2 Å². The van der Waals surface area contributed by atoms with E-state index in [-0.39, 0.29) is 16.8 Å². The molecule has 1 aliphatic heterocycles. The summed E-state index contributed by atoms with van der Waals surface area (Å²) in [6.45, 7) is 2.51. The molecule has 0 saturated heterocycles. The fourth-order valence-corrected chi connectivity index (χ4v) is 5.71. The lowest BCUT2D eigenvalue weighted by Crippen LogP contribution is -2.36. The van der Waals surface area contributed by atoms with Gasteiger partial charge in [0.15, 0.2) is 5.78 Å². The maximum absolute atomic E-state index is 12.9. The summed E-state index contributed by atoms with van der Waals surface area (Å²) in [5.74, 6) is 0.762. The minimum absolute atomic E-state index is 0.00935. The van der Waals surface area contributed by atoms with Gasteiger partial charge in [-0.3, -0.25) is 14.5 Å². The molecule has 1 aliphatic rings. The minimum atomic E-state index is -3.77. The maximum Gasteiger partial charge on any atom is 0.261 e. The molecule has 0 radical (unpaired) electrons. The highest BCUT2D eigenvalue weighted by atomic mass is 32.2. The molecular weight excluding hydrogens is 526 g/mol. The van der Waals surface area contributed by atoms with E-state index in [0.29, 0.717) is 24.3 Å². The molecule has 2 heterocycles. The van der Waals surface area contributed by atoms with Crippen LogP contribution in [0.25, 0.3) is 11.1 Å². The Hall–Kier alpha value is -4.05. The van der Waals surface area contributed by atoms with E-state index in [0.717, 1.165) is 40.8 Å². The number of nitrogens with one attached hydrogen (secondary N) is 2. The number of carbonyl (C=O) groups is 1. The molecule has 0 bridgehead atoms.